The number of rotatable bonds is 10. The van der Waals surface area contributed by atoms with Gasteiger partial charge >= 0.3 is 0 Å². The number of para-hydroxylation sites is 3. The van der Waals surface area contributed by atoms with Crippen molar-refractivity contribution in [2.75, 3.05) is 18.1 Å². The van der Waals surface area contributed by atoms with E-state index in [0.29, 0.717) is 13.0 Å². The van der Waals surface area contributed by atoms with Gasteiger partial charge in [0.05, 0.1) is 12.3 Å². The van der Waals surface area contributed by atoms with Crippen LogP contribution in [0.4, 0.5) is 5.69 Å². The maximum Gasteiger partial charge on any atom is 0.271 e. The first kappa shape index (κ1) is 21.2. The SMILES string of the molecule is CCCCCCN1C(=O)C(C)(CCOc2ccccc2CC)Oc2ccccc21. The number of ether oxygens (including phenoxy) is 2. The second-order valence-corrected chi connectivity index (χ2v) is 7.88. The van der Waals surface area contributed by atoms with E-state index in [2.05, 4.69) is 19.9 Å². The van der Waals surface area contributed by atoms with Crippen LogP contribution in [0, 0.1) is 0 Å². The van der Waals surface area contributed by atoms with E-state index in [4.69, 9.17) is 9.47 Å². The Kier molecular flexibility index (Phi) is 7.18. The van der Waals surface area contributed by atoms with E-state index in [1.54, 1.807) is 0 Å². The summed E-state index contributed by atoms with van der Waals surface area (Å²) >= 11 is 0. The molecule has 1 unspecified atom stereocenters. The molecule has 2 aromatic rings. The number of hydrogen-bond donors (Lipinski definition) is 0. The van der Waals surface area contributed by atoms with Crippen molar-refractivity contribution in [3.8, 4) is 11.5 Å². The summed E-state index contributed by atoms with van der Waals surface area (Å²) < 4.78 is 12.2. The van der Waals surface area contributed by atoms with E-state index >= 15 is 0 Å². The predicted octanol–water partition coefficient (Wildman–Crippen LogP) is 5.78. The molecule has 1 amide bonds. The van der Waals surface area contributed by atoms with Crippen LogP contribution in [0.1, 0.15) is 58.4 Å². The van der Waals surface area contributed by atoms with Crippen molar-refractivity contribution < 1.29 is 14.3 Å². The van der Waals surface area contributed by atoms with Gasteiger partial charge < -0.3 is 14.4 Å². The van der Waals surface area contributed by atoms with Gasteiger partial charge in [-0.05, 0) is 43.5 Å². The first-order valence-electron chi connectivity index (χ1n) is 10.9. The van der Waals surface area contributed by atoms with Crippen LogP contribution >= 0.6 is 0 Å². The molecule has 1 heterocycles. The molecule has 0 radical (unpaired) electrons. The van der Waals surface area contributed by atoms with E-state index in [1.807, 2.05) is 54.3 Å². The maximum absolute atomic E-state index is 13.4. The van der Waals surface area contributed by atoms with Crippen LogP contribution in [0.25, 0.3) is 0 Å². The van der Waals surface area contributed by atoms with Crippen LogP contribution in [0.15, 0.2) is 48.5 Å². The number of amides is 1. The molecule has 4 nitrogen and oxygen atoms in total. The highest BCUT2D eigenvalue weighted by atomic mass is 16.5. The number of hydrogen-bond acceptors (Lipinski definition) is 3. The van der Waals surface area contributed by atoms with Crippen LogP contribution < -0.4 is 14.4 Å². The molecule has 4 heteroatoms. The quantitative estimate of drug-likeness (QED) is 0.479. The van der Waals surface area contributed by atoms with Crippen molar-refractivity contribution >= 4 is 11.6 Å². The average Bonchev–Trinajstić information content (AvgIpc) is 2.74. The molecule has 0 aliphatic carbocycles. The molecule has 3 rings (SSSR count). The molecule has 0 saturated carbocycles. The summed E-state index contributed by atoms with van der Waals surface area (Å²) in [6.07, 6.45) is 5.94. The number of unbranched alkanes of at least 4 members (excludes halogenated alkanes) is 3. The zero-order valence-corrected chi connectivity index (χ0v) is 17.9. The Morgan fingerprint density at radius 2 is 1.76 bits per heavy atom. The van der Waals surface area contributed by atoms with Gasteiger partial charge in [0.2, 0.25) is 0 Å². The van der Waals surface area contributed by atoms with Gasteiger partial charge in [-0.2, -0.15) is 0 Å². The van der Waals surface area contributed by atoms with Gasteiger partial charge in [-0.15, -0.1) is 0 Å². The van der Waals surface area contributed by atoms with Gasteiger partial charge in [-0.3, -0.25) is 4.79 Å². The van der Waals surface area contributed by atoms with Crippen molar-refractivity contribution in [3.63, 3.8) is 0 Å². The Labute approximate surface area is 174 Å². The second kappa shape index (κ2) is 9.82. The Morgan fingerprint density at radius 3 is 2.55 bits per heavy atom. The highest BCUT2D eigenvalue weighted by Gasteiger charge is 2.44. The molecule has 1 aliphatic rings. The van der Waals surface area contributed by atoms with Crippen molar-refractivity contribution in [1.82, 2.24) is 0 Å². The average molecular weight is 396 g/mol. The summed E-state index contributed by atoms with van der Waals surface area (Å²) in [7, 11) is 0. The highest BCUT2D eigenvalue weighted by Crippen LogP contribution is 2.39. The van der Waals surface area contributed by atoms with Crippen molar-refractivity contribution in [2.45, 2.75) is 64.9 Å². The van der Waals surface area contributed by atoms with Crippen LogP contribution in [0.3, 0.4) is 0 Å². The third-order valence-corrected chi connectivity index (χ3v) is 5.61. The second-order valence-electron chi connectivity index (χ2n) is 7.88. The highest BCUT2D eigenvalue weighted by molar-refractivity contribution is 6.02. The van der Waals surface area contributed by atoms with Crippen LogP contribution in [0.2, 0.25) is 0 Å². The third kappa shape index (κ3) is 4.92. The molecule has 1 aliphatic heterocycles. The van der Waals surface area contributed by atoms with Gasteiger partial charge in [-0.1, -0.05) is 63.4 Å². The lowest BCUT2D eigenvalue weighted by atomic mass is 9.97. The number of anilines is 1. The first-order chi connectivity index (χ1) is 14.1. The lowest BCUT2D eigenvalue weighted by Crippen LogP contribution is -2.55. The molecule has 0 aromatic heterocycles. The van der Waals surface area contributed by atoms with Crippen molar-refractivity contribution in [2.24, 2.45) is 0 Å². The lowest BCUT2D eigenvalue weighted by Gasteiger charge is -2.40. The van der Waals surface area contributed by atoms with Crippen LogP contribution in [-0.2, 0) is 11.2 Å². The molecule has 1 atom stereocenters. The minimum absolute atomic E-state index is 0.0278. The zero-order valence-electron chi connectivity index (χ0n) is 17.9. The van der Waals surface area contributed by atoms with E-state index in [-0.39, 0.29) is 5.91 Å². The standard InChI is InChI=1S/C25H33NO3/c1-4-6-7-12-18-26-21-14-9-11-16-23(21)29-25(3,24(26)27)17-19-28-22-15-10-8-13-20(22)5-2/h8-11,13-16H,4-7,12,17-19H2,1-3H3. The normalized spacial score (nSPS) is 18.3. The third-order valence-electron chi connectivity index (χ3n) is 5.61. The summed E-state index contributed by atoms with van der Waals surface area (Å²) in [6, 6.07) is 15.9. The van der Waals surface area contributed by atoms with Gasteiger partial charge in [0.1, 0.15) is 11.5 Å². The molecule has 156 valence electrons. The smallest absolute Gasteiger partial charge is 0.271 e. The van der Waals surface area contributed by atoms with E-state index in [0.717, 1.165) is 43.0 Å². The van der Waals surface area contributed by atoms with Gasteiger partial charge in [0.15, 0.2) is 5.60 Å². The topological polar surface area (TPSA) is 38.8 Å². The number of fused-ring (bicyclic) bond motifs is 1. The number of nitrogens with zero attached hydrogens (tertiary/aromatic N) is 1. The molecule has 0 saturated heterocycles. The van der Waals surface area contributed by atoms with Gasteiger partial charge in [0.25, 0.3) is 5.91 Å². The van der Waals surface area contributed by atoms with Crippen LogP contribution in [-0.4, -0.2) is 24.7 Å². The Balaban J connectivity index is 1.71. The van der Waals surface area contributed by atoms with Gasteiger partial charge in [-0.25, -0.2) is 0 Å². The summed E-state index contributed by atoms with van der Waals surface area (Å²) in [4.78, 5) is 15.3. The molecule has 0 fully saturated rings. The number of carbonyl (C=O) groups excluding carboxylic acids is 1. The minimum Gasteiger partial charge on any atom is -0.493 e. The summed E-state index contributed by atoms with van der Waals surface area (Å²) in [5.74, 6) is 1.69. The fourth-order valence-electron chi connectivity index (χ4n) is 3.82. The molecule has 2 aromatic carbocycles. The number of carbonyl (C=O) groups is 1. The molecule has 0 bridgehead atoms. The molecule has 29 heavy (non-hydrogen) atoms. The monoisotopic (exact) mass is 395 g/mol. The molecule has 0 N–H and O–H groups in total. The fraction of sp³-hybridized carbons (Fsp3) is 0.480. The van der Waals surface area contributed by atoms with Crippen LogP contribution in [0.5, 0.6) is 11.5 Å². The predicted molar refractivity (Wildman–Crippen MR) is 118 cm³/mol. The summed E-state index contributed by atoms with van der Waals surface area (Å²) in [5.41, 5.74) is 1.14. The fourth-order valence-corrected chi connectivity index (χ4v) is 3.82. The number of benzene rings is 2. The lowest BCUT2D eigenvalue weighted by molar-refractivity contribution is -0.135. The maximum atomic E-state index is 13.4. The van der Waals surface area contributed by atoms with Gasteiger partial charge in [0, 0.05) is 13.0 Å². The molecule has 0 spiro atoms. The van der Waals surface area contributed by atoms with E-state index in [1.165, 1.54) is 18.4 Å². The molecular weight excluding hydrogens is 362 g/mol. The van der Waals surface area contributed by atoms with E-state index < -0.39 is 5.60 Å². The summed E-state index contributed by atoms with van der Waals surface area (Å²) in [5, 5.41) is 0. The first-order valence-corrected chi connectivity index (χ1v) is 10.9. The largest absolute Gasteiger partial charge is 0.493 e. The van der Waals surface area contributed by atoms with E-state index in [9.17, 15) is 4.79 Å². The summed E-state index contributed by atoms with van der Waals surface area (Å²) in [6.45, 7) is 7.37. The molecular formula is C25H33NO3. The van der Waals surface area contributed by atoms with Crippen molar-refractivity contribution in [3.05, 3.63) is 54.1 Å². The minimum atomic E-state index is -0.916. The Hall–Kier alpha value is -2.49. The van der Waals surface area contributed by atoms with Crippen molar-refractivity contribution in [1.29, 1.82) is 0 Å². The Bertz CT molecular complexity index is 819. The Morgan fingerprint density at radius 1 is 1.00 bits per heavy atom. The zero-order chi connectivity index (χ0) is 20.7. The number of aryl methyl sites for hydroxylation is 1.